The van der Waals surface area contributed by atoms with E-state index < -0.39 is 0 Å². The van der Waals surface area contributed by atoms with Gasteiger partial charge in [0.25, 0.3) is 5.91 Å². The van der Waals surface area contributed by atoms with Crippen molar-refractivity contribution in [2.75, 3.05) is 11.6 Å². The lowest BCUT2D eigenvalue weighted by atomic mass is 10.2. The lowest BCUT2D eigenvalue weighted by molar-refractivity contribution is 0.102. The number of rotatable bonds is 5. The molecule has 4 aromatic heterocycles. The summed E-state index contributed by atoms with van der Waals surface area (Å²) >= 11 is 6.20. The number of anilines is 1. The van der Waals surface area contributed by atoms with Crippen LogP contribution in [-0.2, 0) is 0 Å². The van der Waals surface area contributed by atoms with Gasteiger partial charge in [0.2, 0.25) is 0 Å². The average Bonchev–Trinajstić information content (AvgIpc) is 3.42. The molecule has 4 aromatic rings. The molecule has 0 unspecified atom stereocenters. The lowest BCUT2D eigenvalue weighted by Crippen LogP contribution is -2.16. The molecule has 148 valence electrons. The predicted octanol–water partition coefficient (Wildman–Crippen LogP) is 6.29. The van der Waals surface area contributed by atoms with Gasteiger partial charge >= 0.3 is 0 Å². The van der Waals surface area contributed by atoms with Crippen LogP contribution in [0.3, 0.4) is 0 Å². The first kappa shape index (κ1) is 20.2. The second-order valence-electron chi connectivity index (χ2n) is 6.31. The molecule has 0 bridgehead atoms. The van der Waals surface area contributed by atoms with E-state index in [0.717, 1.165) is 16.1 Å². The highest BCUT2D eigenvalue weighted by molar-refractivity contribution is 7.98. The number of carbonyl (C=O) groups is 1. The maximum absolute atomic E-state index is 13.0. The number of thiophene rings is 2. The van der Waals surface area contributed by atoms with Crippen LogP contribution in [0.25, 0.3) is 22.0 Å². The fraction of sp³-hybridized carbons (Fsp3) is 0.200. The number of nitrogens with zero attached hydrogens (tertiary/aromatic N) is 3. The van der Waals surface area contributed by atoms with Crippen LogP contribution in [0.15, 0.2) is 34.0 Å². The molecule has 0 aromatic carbocycles. The maximum Gasteiger partial charge on any atom is 0.262 e. The molecular formula is C20H18N4OS4. The van der Waals surface area contributed by atoms with Crippen molar-refractivity contribution in [1.82, 2.24) is 15.0 Å². The standard InChI is InChI=1S/C20H18N4OS4/c1-10-8-13(12(3)29-10)14-9-28-20(22-14)24-18(25)16-11(2)21-17(23-19(16)26-4)15-6-5-7-27-15/h5-9H,1-4H3,(H,22,24,25). The third-order valence-electron chi connectivity index (χ3n) is 4.26. The highest BCUT2D eigenvalue weighted by Crippen LogP contribution is 2.33. The van der Waals surface area contributed by atoms with Gasteiger partial charge in [-0.15, -0.1) is 45.8 Å². The molecule has 9 heteroatoms. The average molecular weight is 459 g/mol. The number of aromatic nitrogens is 3. The van der Waals surface area contributed by atoms with E-state index in [1.807, 2.05) is 36.1 Å². The van der Waals surface area contributed by atoms with E-state index in [1.54, 1.807) is 22.7 Å². The molecule has 5 nitrogen and oxygen atoms in total. The third-order valence-corrected chi connectivity index (χ3v) is 7.53. The lowest BCUT2D eigenvalue weighted by Gasteiger charge is -2.10. The number of nitrogens with one attached hydrogen (secondary N) is 1. The van der Waals surface area contributed by atoms with Gasteiger partial charge in [-0.3, -0.25) is 10.1 Å². The molecule has 0 fully saturated rings. The van der Waals surface area contributed by atoms with Crippen LogP contribution >= 0.6 is 45.8 Å². The number of aryl methyl sites for hydroxylation is 3. The largest absolute Gasteiger partial charge is 0.298 e. The zero-order chi connectivity index (χ0) is 20.5. The highest BCUT2D eigenvalue weighted by atomic mass is 32.2. The molecule has 4 rings (SSSR count). The molecule has 1 amide bonds. The van der Waals surface area contributed by atoms with Crippen molar-refractivity contribution in [3.8, 4) is 22.0 Å². The van der Waals surface area contributed by atoms with Crippen molar-refractivity contribution in [2.24, 2.45) is 0 Å². The number of hydrogen-bond donors (Lipinski definition) is 1. The number of thioether (sulfide) groups is 1. The maximum atomic E-state index is 13.0. The van der Waals surface area contributed by atoms with Crippen molar-refractivity contribution < 1.29 is 4.79 Å². The minimum Gasteiger partial charge on any atom is -0.298 e. The fourth-order valence-electron chi connectivity index (χ4n) is 2.97. The Balaban J connectivity index is 1.61. The van der Waals surface area contributed by atoms with Crippen molar-refractivity contribution in [3.05, 3.63) is 50.0 Å². The van der Waals surface area contributed by atoms with Crippen molar-refractivity contribution in [3.63, 3.8) is 0 Å². The molecule has 29 heavy (non-hydrogen) atoms. The Labute approximate surface area is 185 Å². The van der Waals surface area contributed by atoms with Gasteiger partial charge in [0.15, 0.2) is 11.0 Å². The van der Waals surface area contributed by atoms with Crippen LogP contribution in [0.5, 0.6) is 0 Å². The summed E-state index contributed by atoms with van der Waals surface area (Å²) in [4.78, 5) is 30.2. The SMILES string of the molecule is CSc1nc(-c2cccs2)nc(C)c1C(=O)Nc1nc(-c2cc(C)sc2C)cs1. The molecule has 0 aliphatic carbocycles. The number of carbonyl (C=O) groups excluding carboxylic acids is 1. The smallest absolute Gasteiger partial charge is 0.262 e. The minimum atomic E-state index is -0.233. The number of hydrogen-bond acceptors (Lipinski definition) is 8. The van der Waals surface area contributed by atoms with E-state index >= 15 is 0 Å². The summed E-state index contributed by atoms with van der Waals surface area (Å²) in [5, 5.41) is 8.13. The van der Waals surface area contributed by atoms with Crippen LogP contribution in [0.2, 0.25) is 0 Å². The molecule has 0 aliphatic heterocycles. The van der Waals surface area contributed by atoms with E-state index in [0.29, 0.717) is 27.2 Å². The quantitative estimate of drug-likeness (QED) is 0.281. The topological polar surface area (TPSA) is 67.8 Å². The van der Waals surface area contributed by atoms with Gasteiger partial charge in [0, 0.05) is 20.7 Å². The van der Waals surface area contributed by atoms with Crippen molar-refractivity contribution >= 4 is 56.8 Å². The first-order chi connectivity index (χ1) is 14.0. The Morgan fingerprint density at radius 3 is 2.62 bits per heavy atom. The second-order valence-corrected chi connectivity index (χ2v) is 10.4. The zero-order valence-corrected chi connectivity index (χ0v) is 19.5. The predicted molar refractivity (Wildman–Crippen MR) is 125 cm³/mol. The molecule has 0 aliphatic rings. The summed E-state index contributed by atoms with van der Waals surface area (Å²) in [6.45, 7) is 6.02. The van der Waals surface area contributed by atoms with Gasteiger partial charge in [0.1, 0.15) is 5.03 Å². The Hall–Kier alpha value is -2.07. The summed E-state index contributed by atoms with van der Waals surface area (Å²) in [6, 6.07) is 6.08. The molecule has 1 N–H and O–H groups in total. The number of amides is 1. The van der Waals surface area contributed by atoms with E-state index in [9.17, 15) is 4.79 Å². The fourth-order valence-corrected chi connectivity index (χ4v) is 5.89. The highest BCUT2D eigenvalue weighted by Gasteiger charge is 2.21. The molecule has 0 atom stereocenters. The van der Waals surface area contributed by atoms with Crippen molar-refractivity contribution in [2.45, 2.75) is 25.8 Å². The first-order valence-electron chi connectivity index (χ1n) is 8.77. The number of thiazole rings is 1. The Kier molecular flexibility index (Phi) is 5.82. The van der Waals surface area contributed by atoms with Crippen LogP contribution < -0.4 is 5.32 Å². The molecule has 0 saturated carbocycles. The zero-order valence-electron chi connectivity index (χ0n) is 16.3. The second kappa shape index (κ2) is 8.35. The first-order valence-corrected chi connectivity index (χ1v) is 12.6. The Bertz CT molecular complexity index is 1180. The molecule has 4 heterocycles. The van der Waals surface area contributed by atoms with E-state index in [2.05, 4.69) is 40.2 Å². The summed E-state index contributed by atoms with van der Waals surface area (Å²) in [5.41, 5.74) is 3.16. The minimum absolute atomic E-state index is 0.233. The van der Waals surface area contributed by atoms with Gasteiger partial charge in [0.05, 0.1) is 21.8 Å². The van der Waals surface area contributed by atoms with Crippen LogP contribution in [-0.4, -0.2) is 27.1 Å². The molecule has 0 saturated heterocycles. The van der Waals surface area contributed by atoms with E-state index in [4.69, 9.17) is 0 Å². The van der Waals surface area contributed by atoms with E-state index in [-0.39, 0.29) is 5.91 Å². The summed E-state index contributed by atoms with van der Waals surface area (Å²) in [6.07, 6.45) is 1.92. The van der Waals surface area contributed by atoms with Gasteiger partial charge in [-0.25, -0.2) is 15.0 Å². The van der Waals surface area contributed by atoms with Gasteiger partial charge in [-0.1, -0.05) is 6.07 Å². The Morgan fingerprint density at radius 2 is 1.97 bits per heavy atom. The van der Waals surface area contributed by atoms with Gasteiger partial charge < -0.3 is 0 Å². The summed E-state index contributed by atoms with van der Waals surface area (Å²) in [7, 11) is 0. The van der Waals surface area contributed by atoms with Gasteiger partial charge in [-0.05, 0) is 44.5 Å². The van der Waals surface area contributed by atoms with Gasteiger partial charge in [-0.2, -0.15) is 0 Å². The molecular weight excluding hydrogens is 441 g/mol. The third kappa shape index (κ3) is 4.13. The molecule has 0 radical (unpaired) electrons. The van der Waals surface area contributed by atoms with Crippen LogP contribution in [0, 0.1) is 20.8 Å². The normalized spacial score (nSPS) is 11.0. The monoisotopic (exact) mass is 458 g/mol. The van der Waals surface area contributed by atoms with E-state index in [1.165, 1.54) is 32.9 Å². The van der Waals surface area contributed by atoms with Crippen LogP contribution in [0.1, 0.15) is 25.8 Å². The summed E-state index contributed by atoms with van der Waals surface area (Å²) < 4.78 is 0. The van der Waals surface area contributed by atoms with Crippen LogP contribution in [0.4, 0.5) is 5.13 Å². The van der Waals surface area contributed by atoms with Crippen molar-refractivity contribution in [1.29, 1.82) is 0 Å². The summed E-state index contributed by atoms with van der Waals surface area (Å²) in [5.74, 6) is 0.418. The molecule has 0 spiro atoms. The Morgan fingerprint density at radius 1 is 1.14 bits per heavy atom.